The van der Waals surface area contributed by atoms with Crippen LogP contribution in [0.15, 0.2) is 59.5 Å². The first kappa shape index (κ1) is 18.5. The van der Waals surface area contributed by atoms with E-state index in [9.17, 15) is 13.2 Å². The van der Waals surface area contributed by atoms with E-state index < -0.39 is 10.0 Å². The average molecular weight is 372 g/mol. The molecule has 26 heavy (non-hydrogen) atoms. The molecule has 0 aliphatic heterocycles. The average Bonchev–Trinajstić information content (AvgIpc) is 3.51. The lowest BCUT2D eigenvalue weighted by atomic mass is 10.1. The zero-order valence-corrected chi connectivity index (χ0v) is 16.1. The molecule has 3 rings (SSSR count). The standard InChI is InChI=1S/C20H24N2O3S/c1-15(16-9-10-16)21(2)20(23)17-11-13-19(14-12-17)26(24,25)22(3)18-7-5-4-6-8-18/h4-8,11-16H,9-10H2,1-3H3. The lowest BCUT2D eigenvalue weighted by molar-refractivity contribution is 0.0727. The van der Waals surface area contributed by atoms with Crippen LogP contribution >= 0.6 is 0 Å². The molecule has 1 aliphatic rings. The topological polar surface area (TPSA) is 57.7 Å². The Balaban J connectivity index is 1.79. The van der Waals surface area contributed by atoms with Gasteiger partial charge in [-0.1, -0.05) is 18.2 Å². The van der Waals surface area contributed by atoms with Crippen molar-refractivity contribution in [1.29, 1.82) is 0 Å². The summed E-state index contributed by atoms with van der Waals surface area (Å²) in [4.78, 5) is 14.5. The van der Waals surface area contributed by atoms with Crippen molar-refractivity contribution < 1.29 is 13.2 Å². The van der Waals surface area contributed by atoms with E-state index in [1.165, 1.54) is 36.3 Å². The van der Waals surface area contributed by atoms with Crippen LogP contribution in [0.4, 0.5) is 5.69 Å². The molecule has 1 amide bonds. The molecule has 0 saturated heterocycles. The molecule has 6 heteroatoms. The predicted molar refractivity (Wildman–Crippen MR) is 103 cm³/mol. The van der Waals surface area contributed by atoms with E-state index >= 15 is 0 Å². The second-order valence-electron chi connectivity index (χ2n) is 6.83. The number of nitrogens with zero attached hydrogens (tertiary/aromatic N) is 2. The maximum absolute atomic E-state index is 12.8. The van der Waals surface area contributed by atoms with Crippen LogP contribution in [-0.4, -0.2) is 39.4 Å². The number of benzene rings is 2. The van der Waals surface area contributed by atoms with Gasteiger partial charge in [0.2, 0.25) is 0 Å². The molecule has 2 aromatic rings. The second-order valence-corrected chi connectivity index (χ2v) is 8.80. The van der Waals surface area contributed by atoms with Gasteiger partial charge in [-0.05, 0) is 62.1 Å². The molecular weight excluding hydrogens is 348 g/mol. The number of carbonyl (C=O) groups excluding carboxylic acids is 1. The fraction of sp³-hybridized carbons (Fsp3) is 0.350. The van der Waals surface area contributed by atoms with Crippen LogP contribution in [0, 0.1) is 5.92 Å². The maximum atomic E-state index is 12.8. The molecule has 138 valence electrons. The smallest absolute Gasteiger partial charge is 0.264 e. The van der Waals surface area contributed by atoms with Gasteiger partial charge >= 0.3 is 0 Å². The van der Waals surface area contributed by atoms with Crippen LogP contribution in [0.1, 0.15) is 30.1 Å². The number of hydrogen-bond acceptors (Lipinski definition) is 3. The molecule has 1 unspecified atom stereocenters. The molecule has 0 N–H and O–H groups in total. The summed E-state index contributed by atoms with van der Waals surface area (Å²) >= 11 is 0. The normalized spacial score (nSPS) is 15.3. The van der Waals surface area contributed by atoms with Crippen molar-refractivity contribution in [2.24, 2.45) is 5.92 Å². The number of rotatable bonds is 6. The van der Waals surface area contributed by atoms with E-state index in [0.717, 1.165) is 0 Å². The Bertz CT molecular complexity index is 875. The van der Waals surface area contributed by atoms with Crippen molar-refractivity contribution in [3.63, 3.8) is 0 Å². The van der Waals surface area contributed by atoms with Gasteiger partial charge in [0, 0.05) is 25.7 Å². The number of para-hydroxylation sites is 1. The molecule has 0 bridgehead atoms. The summed E-state index contributed by atoms with van der Waals surface area (Å²) in [5.74, 6) is 0.507. The van der Waals surface area contributed by atoms with E-state index in [1.54, 1.807) is 48.3 Å². The quantitative estimate of drug-likeness (QED) is 0.781. The summed E-state index contributed by atoms with van der Waals surface area (Å²) in [7, 11) is -0.339. The summed E-state index contributed by atoms with van der Waals surface area (Å²) in [6.07, 6.45) is 2.34. The molecule has 1 aliphatic carbocycles. The first-order valence-corrected chi connectivity index (χ1v) is 10.2. The molecule has 1 saturated carbocycles. The third kappa shape index (κ3) is 3.60. The van der Waals surface area contributed by atoms with Gasteiger partial charge in [0.15, 0.2) is 0 Å². The lowest BCUT2D eigenvalue weighted by Crippen LogP contribution is -2.36. The van der Waals surface area contributed by atoms with E-state index in [0.29, 0.717) is 17.2 Å². The van der Waals surface area contributed by atoms with Crippen LogP contribution in [-0.2, 0) is 10.0 Å². The number of hydrogen-bond donors (Lipinski definition) is 0. The third-order valence-electron chi connectivity index (χ3n) is 5.11. The predicted octanol–water partition coefficient (Wildman–Crippen LogP) is 3.38. The maximum Gasteiger partial charge on any atom is 0.264 e. The van der Waals surface area contributed by atoms with Crippen LogP contribution < -0.4 is 4.31 Å². The van der Waals surface area contributed by atoms with Gasteiger partial charge < -0.3 is 4.90 Å². The fourth-order valence-electron chi connectivity index (χ4n) is 2.99. The Kier molecular flexibility index (Phi) is 5.05. The molecule has 5 nitrogen and oxygen atoms in total. The lowest BCUT2D eigenvalue weighted by Gasteiger charge is -2.25. The fourth-order valence-corrected chi connectivity index (χ4v) is 4.18. The van der Waals surface area contributed by atoms with Crippen molar-refractivity contribution in [3.8, 4) is 0 Å². The molecule has 1 atom stereocenters. The van der Waals surface area contributed by atoms with Gasteiger partial charge in [0.1, 0.15) is 0 Å². The second kappa shape index (κ2) is 7.11. The third-order valence-corrected chi connectivity index (χ3v) is 6.91. The van der Waals surface area contributed by atoms with Crippen molar-refractivity contribution in [3.05, 3.63) is 60.2 Å². The van der Waals surface area contributed by atoms with Crippen LogP contribution in [0.3, 0.4) is 0 Å². The molecule has 0 radical (unpaired) electrons. The highest BCUT2D eigenvalue weighted by Gasteiger charge is 2.32. The minimum atomic E-state index is -3.67. The van der Waals surface area contributed by atoms with E-state index in [2.05, 4.69) is 6.92 Å². The number of anilines is 1. The minimum absolute atomic E-state index is 0.0789. The van der Waals surface area contributed by atoms with E-state index in [4.69, 9.17) is 0 Å². The zero-order chi connectivity index (χ0) is 18.9. The Morgan fingerprint density at radius 3 is 2.12 bits per heavy atom. The molecular formula is C20H24N2O3S. The highest BCUT2D eigenvalue weighted by atomic mass is 32.2. The van der Waals surface area contributed by atoms with Crippen molar-refractivity contribution in [2.75, 3.05) is 18.4 Å². The zero-order valence-electron chi connectivity index (χ0n) is 15.3. The SMILES string of the molecule is CC(C1CC1)N(C)C(=O)c1ccc(S(=O)(=O)N(C)c2ccccc2)cc1. The first-order chi connectivity index (χ1) is 12.3. The molecule has 0 aromatic heterocycles. The highest BCUT2D eigenvalue weighted by Crippen LogP contribution is 2.35. The Hall–Kier alpha value is -2.34. The van der Waals surface area contributed by atoms with Gasteiger partial charge in [-0.2, -0.15) is 0 Å². The van der Waals surface area contributed by atoms with E-state index in [1.807, 2.05) is 6.07 Å². The molecule has 0 spiro atoms. The molecule has 1 fully saturated rings. The van der Waals surface area contributed by atoms with E-state index in [-0.39, 0.29) is 16.8 Å². The van der Waals surface area contributed by atoms with Crippen LogP contribution in [0.25, 0.3) is 0 Å². The monoisotopic (exact) mass is 372 g/mol. The summed E-state index contributed by atoms with van der Waals surface area (Å²) in [5.41, 5.74) is 1.09. The Morgan fingerprint density at radius 2 is 1.58 bits per heavy atom. The Morgan fingerprint density at radius 1 is 1.00 bits per heavy atom. The summed E-state index contributed by atoms with van der Waals surface area (Å²) in [5, 5.41) is 0. The summed E-state index contributed by atoms with van der Waals surface area (Å²) in [6, 6.07) is 15.3. The highest BCUT2D eigenvalue weighted by molar-refractivity contribution is 7.92. The van der Waals surface area contributed by atoms with Crippen molar-refractivity contribution in [1.82, 2.24) is 4.90 Å². The van der Waals surface area contributed by atoms with Gasteiger partial charge in [-0.15, -0.1) is 0 Å². The first-order valence-electron chi connectivity index (χ1n) is 8.73. The van der Waals surface area contributed by atoms with Crippen LogP contribution in [0.5, 0.6) is 0 Å². The molecule has 0 heterocycles. The minimum Gasteiger partial charge on any atom is -0.339 e. The summed E-state index contributed by atoms with van der Waals surface area (Å²) < 4.78 is 26.8. The van der Waals surface area contributed by atoms with Gasteiger partial charge in [-0.3, -0.25) is 9.10 Å². The summed E-state index contributed by atoms with van der Waals surface area (Å²) in [6.45, 7) is 2.06. The van der Waals surface area contributed by atoms with Gasteiger partial charge in [0.05, 0.1) is 10.6 Å². The number of sulfonamides is 1. The van der Waals surface area contributed by atoms with Crippen LogP contribution in [0.2, 0.25) is 0 Å². The largest absolute Gasteiger partial charge is 0.339 e. The number of amides is 1. The molecule has 2 aromatic carbocycles. The van der Waals surface area contributed by atoms with Gasteiger partial charge in [0.25, 0.3) is 15.9 Å². The Labute approximate surface area is 155 Å². The number of carbonyl (C=O) groups is 1. The van der Waals surface area contributed by atoms with Crippen molar-refractivity contribution >= 4 is 21.6 Å². The van der Waals surface area contributed by atoms with Crippen molar-refractivity contribution in [2.45, 2.75) is 30.7 Å². The van der Waals surface area contributed by atoms with Gasteiger partial charge in [-0.25, -0.2) is 8.42 Å².